The van der Waals surface area contributed by atoms with E-state index < -0.39 is 5.97 Å². The van der Waals surface area contributed by atoms with Crippen molar-refractivity contribution in [3.8, 4) is 5.69 Å². The summed E-state index contributed by atoms with van der Waals surface area (Å²) in [6.07, 6.45) is 0. The smallest absolute Gasteiger partial charge is 0.337 e. The summed E-state index contributed by atoms with van der Waals surface area (Å²) in [4.78, 5) is 11.5. The van der Waals surface area contributed by atoms with Crippen LogP contribution >= 0.6 is 11.6 Å². The summed E-state index contributed by atoms with van der Waals surface area (Å²) in [6, 6.07) is 4.89. The maximum atomic E-state index is 11.5. The van der Waals surface area contributed by atoms with Gasteiger partial charge in [-0.3, -0.25) is 0 Å². The third-order valence-electron chi connectivity index (χ3n) is 2.88. The molecule has 0 aliphatic rings. The van der Waals surface area contributed by atoms with E-state index in [1.54, 1.807) is 22.9 Å². The summed E-state index contributed by atoms with van der Waals surface area (Å²) in [7, 11) is 1.33. The first-order chi connectivity index (χ1) is 8.95. The van der Waals surface area contributed by atoms with Crippen LogP contribution in [-0.4, -0.2) is 22.9 Å². The molecule has 6 heteroatoms. The minimum Gasteiger partial charge on any atom is -0.465 e. The van der Waals surface area contributed by atoms with Crippen LogP contribution in [0.4, 0.5) is 5.69 Å². The first kappa shape index (κ1) is 13.4. The molecule has 0 saturated heterocycles. The number of carbonyl (C=O) groups excluding carboxylic acids is 1. The Labute approximate surface area is 115 Å². The number of nitrogen functional groups attached to an aromatic ring is 1. The SMILES string of the molecule is COC(=O)c1ccc(N)c(-n2nc(C)c(Cl)c2C)c1. The van der Waals surface area contributed by atoms with E-state index in [-0.39, 0.29) is 0 Å². The normalized spacial score (nSPS) is 10.5. The van der Waals surface area contributed by atoms with Gasteiger partial charge < -0.3 is 10.5 Å². The number of nitrogens with two attached hydrogens (primary N) is 1. The molecule has 2 rings (SSSR count). The molecule has 19 heavy (non-hydrogen) atoms. The highest BCUT2D eigenvalue weighted by Gasteiger charge is 2.15. The van der Waals surface area contributed by atoms with Crippen LogP contribution in [0, 0.1) is 13.8 Å². The molecule has 0 fully saturated rings. The van der Waals surface area contributed by atoms with Gasteiger partial charge in [0.05, 0.1) is 40.5 Å². The molecule has 2 aromatic rings. The standard InChI is InChI=1S/C13H14ClN3O2/c1-7-12(14)8(2)17(16-7)11-6-9(13(18)19-3)4-5-10(11)15/h4-6H,15H2,1-3H3. The fourth-order valence-corrected chi connectivity index (χ4v) is 1.95. The van der Waals surface area contributed by atoms with Gasteiger partial charge >= 0.3 is 5.97 Å². The molecule has 100 valence electrons. The molecule has 0 spiro atoms. The Kier molecular flexibility index (Phi) is 3.48. The van der Waals surface area contributed by atoms with Crippen molar-refractivity contribution < 1.29 is 9.53 Å². The average molecular weight is 280 g/mol. The maximum Gasteiger partial charge on any atom is 0.337 e. The zero-order chi connectivity index (χ0) is 14.2. The number of hydrogen-bond acceptors (Lipinski definition) is 4. The maximum absolute atomic E-state index is 11.5. The number of halogens is 1. The number of aryl methyl sites for hydroxylation is 1. The molecule has 1 aromatic carbocycles. The summed E-state index contributed by atoms with van der Waals surface area (Å²) in [5.74, 6) is -0.422. The molecule has 0 unspecified atom stereocenters. The lowest BCUT2D eigenvalue weighted by Crippen LogP contribution is -2.07. The van der Waals surface area contributed by atoms with Crippen LogP contribution in [0.25, 0.3) is 5.69 Å². The van der Waals surface area contributed by atoms with Gasteiger partial charge in [-0.05, 0) is 32.0 Å². The van der Waals surface area contributed by atoms with E-state index in [4.69, 9.17) is 22.1 Å². The van der Waals surface area contributed by atoms with Crippen molar-refractivity contribution in [3.05, 3.63) is 40.2 Å². The molecular weight excluding hydrogens is 266 g/mol. The van der Waals surface area contributed by atoms with Gasteiger partial charge in [-0.15, -0.1) is 0 Å². The molecular formula is C13H14ClN3O2. The predicted octanol–water partition coefficient (Wildman–Crippen LogP) is 2.51. The Bertz CT molecular complexity index is 650. The molecule has 2 N–H and O–H groups in total. The number of anilines is 1. The monoisotopic (exact) mass is 279 g/mol. The summed E-state index contributed by atoms with van der Waals surface area (Å²) in [5.41, 5.74) is 8.95. The Balaban J connectivity index is 2.61. The summed E-state index contributed by atoms with van der Waals surface area (Å²) < 4.78 is 6.32. The highest BCUT2D eigenvalue weighted by atomic mass is 35.5. The van der Waals surface area contributed by atoms with Crippen molar-refractivity contribution in [2.24, 2.45) is 0 Å². The van der Waals surface area contributed by atoms with Gasteiger partial charge in [-0.1, -0.05) is 11.6 Å². The highest BCUT2D eigenvalue weighted by molar-refractivity contribution is 6.31. The second kappa shape index (κ2) is 4.93. The Hall–Kier alpha value is -2.01. The predicted molar refractivity (Wildman–Crippen MR) is 73.8 cm³/mol. The molecule has 1 aromatic heterocycles. The minimum atomic E-state index is -0.422. The lowest BCUT2D eigenvalue weighted by molar-refractivity contribution is 0.0600. The van der Waals surface area contributed by atoms with E-state index in [2.05, 4.69) is 5.10 Å². The molecule has 0 aliphatic heterocycles. The molecule has 0 amide bonds. The van der Waals surface area contributed by atoms with E-state index in [0.717, 1.165) is 5.69 Å². The number of carbonyl (C=O) groups is 1. The highest BCUT2D eigenvalue weighted by Crippen LogP contribution is 2.26. The first-order valence-corrected chi connectivity index (χ1v) is 6.03. The minimum absolute atomic E-state index is 0.412. The quantitative estimate of drug-likeness (QED) is 0.677. The van der Waals surface area contributed by atoms with E-state index in [1.807, 2.05) is 13.8 Å². The Morgan fingerprint density at radius 2 is 2.11 bits per heavy atom. The molecule has 0 bridgehead atoms. The van der Waals surface area contributed by atoms with Crippen LogP contribution < -0.4 is 5.73 Å². The van der Waals surface area contributed by atoms with Crippen molar-refractivity contribution in [2.45, 2.75) is 13.8 Å². The molecule has 1 heterocycles. The number of esters is 1. The van der Waals surface area contributed by atoms with Crippen molar-refractivity contribution in [1.82, 2.24) is 9.78 Å². The number of aromatic nitrogens is 2. The van der Waals surface area contributed by atoms with Gasteiger partial charge in [-0.25, -0.2) is 9.48 Å². The summed E-state index contributed by atoms with van der Waals surface area (Å²) in [6.45, 7) is 3.65. The number of nitrogens with zero attached hydrogens (tertiary/aromatic N) is 2. The van der Waals surface area contributed by atoms with Crippen LogP contribution in [0.15, 0.2) is 18.2 Å². The molecule has 5 nitrogen and oxygen atoms in total. The van der Waals surface area contributed by atoms with Crippen LogP contribution in [0.5, 0.6) is 0 Å². The van der Waals surface area contributed by atoms with Crippen LogP contribution in [0.2, 0.25) is 5.02 Å². The lowest BCUT2D eigenvalue weighted by atomic mass is 10.1. The van der Waals surface area contributed by atoms with Crippen molar-refractivity contribution in [2.75, 3.05) is 12.8 Å². The largest absolute Gasteiger partial charge is 0.465 e. The molecule has 0 atom stereocenters. The van der Waals surface area contributed by atoms with E-state index in [0.29, 0.717) is 27.7 Å². The third kappa shape index (κ3) is 2.29. The lowest BCUT2D eigenvalue weighted by Gasteiger charge is -2.09. The van der Waals surface area contributed by atoms with Gasteiger partial charge in [0.2, 0.25) is 0 Å². The zero-order valence-corrected chi connectivity index (χ0v) is 11.7. The number of rotatable bonds is 2. The van der Waals surface area contributed by atoms with E-state index >= 15 is 0 Å². The second-order valence-corrected chi connectivity index (χ2v) is 4.54. The molecule has 0 radical (unpaired) electrons. The van der Waals surface area contributed by atoms with Gasteiger partial charge in [0.1, 0.15) is 0 Å². The van der Waals surface area contributed by atoms with Crippen LogP contribution in [-0.2, 0) is 4.74 Å². The summed E-state index contributed by atoms with van der Waals surface area (Å²) in [5, 5.41) is 4.91. The number of benzene rings is 1. The Morgan fingerprint density at radius 3 is 2.63 bits per heavy atom. The zero-order valence-electron chi connectivity index (χ0n) is 10.9. The van der Waals surface area contributed by atoms with Crippen LogP contribution in [0.3, 0.4) is 0 Å². The number of hydrogen-bond donors (Lipinski definition) is 1. The van der Waals surface area contributed by atoms with Gasteiger partial charge in [0.15, 0.2) is 0 Å². The molecule has 0 aliphatic carbocycles. The van der Waals surface area contributed by atoms with Crippen LogP contribution in [0.1, 0.15) is 21.7 Å². The van der Waals surface area contributed by atoms with Gasteiger partial charge in [0.25, 0.3) is 0 Å². The number of ether oxygens (including phenoxy) is 1. The fraction of sp³-hybridized carbons (Fsp3) is 0.231. The van der Waals surface area contributed by atoms with Gasteiger partial charge in [0, 0.05) is 0 Å². The topological polar surface area (TPSA) is 70.1 Å². The molecule has 0 saturated carbocycles. The first-order valence-electron chi connectivity index (χ1n) is 5.65. The van der Waals surface area contributed by atoms with Crippen molar-refractivity contribution in [3.63, 3.8) is 0 Å². The fourth-order valence-electron chi connectivity index (χ4n) is 1.83. The van der Waals surface area contributed by atoms with E-state index in [1.165, 1.54) is 7.11 Å². The second-order valence-electron chi connectivity index (χ2n) is 4.16. The third-order valence-corrected chi connectivity index (χ3v) is 3.43. The number of methoxy groups -OCH3 is 1. The average Bonchev–Trinajstić information content (AvgIpc) is 2.66. The van der Waals surface area contributed by atoms with E-state index in [9.17, 15) is 4.79 Å². The van der Waals surface area contributed by atoms with Crippen molar-refractivity contribution >= 4 is 23.3 Å². The Morgan fingerprint density at radius 1 is 1.42 bits per heavy atom. The summed E-state index contributed by atoms with van der Waals surface area (Å²) >= 11 is 6.11. The van der Waals surface area contributed by atoms with Gasteiger partial charge in [-0.2, -0.15) is 5.10 Å². The van der Waals surface area contributed by atoms with Crippen molar-refractivity contribution in [1.29, 1.82) is 0 Å².